The molecule has 0 spiro atoms. The van der Waals surface area contributed by atoms with E-state index < -0.39 is 8.07 Å². The third kappa shape index (κ3) is 6.61. The Labute approximate surface area is 110 Å². The highest BCUT2D eigenvalue weighted by atomic mass is 28.3. The van der Waals surface area contributed by atoms with Gasteiger partial charge in [-0.25, -0.2) is 0 Å². The number of hydrogen-bond acceptors (Lipinski definition) is 1. The molecule has 1 aliphatic carbocycles. The predicted molar refractivity (Wildman–Crippen MR) is 81.4 cm³/mol. The van der Waals surface area contributed by atoms with Crippen LogP contribution in [0.1, 0.15) is 46.5 Å². The van der Waals surface area contributed by atoms with Crippen molar-refractivity contribution in [3.8, 4) is 0 Å². The van der Waals surface area contributed by atoms with E-state index >= 15 is 0 Å². The molecule has 17 heavy (non-hydrogen) atoms. The zero-order valence-electron chi connectivity index (χ0n) is 12.9. The predicted octanol–water partition coefficient (Wildman–Crippen LogP) is 4.52. The van der Waals surface area contributed by atoms with Gasteiger partial charge < -0.3 is 5.32 Å². The third-order valence-corrected chi connectivity index (χ3v) is 5.58. The Morgan fingerprint density at radius 1 is 1.12 bits per heavy atom. The van der Waals surface area contributed by atoms with E-state index in [1.165, 1.54) is 38.3 Å². The van der Waals surface area contributed by atoms with Crippen molar-refractivity contribution in [3.05, 3.63) is 0 Å². The quantitative estimate of drug-likeness (QED) is 0.712. The SMILES string of the molecule is CC(C)(C)NCC(C[Si](C)(C)C)C1CCCC1. The Morgan fingerprint density at radius 2 is 1.65 bits per heavy atom. The van der Waals surface area contributed by atoms with Gasteiger partial charge in [0.05, 0.1) is 0 Å². The van der Waals surface area contributed by atoms with Crippen LogP contribution in [0.4, 0.5) is 0 Å². The van der Waals surface area contributed by atoms with E-state index in [1.54, 1.807) is 0 Å². The highest BCUT2D eigenvalue weighted by Gasteiger charge is 2.29. The Bertz CT molecular complexity index is 218. The second kappa shape index (κ2) is 5.88. The van der Waals surface area contributed by atoms with Crippen molar-refractivity contribution in [2.75, 3.05) is 6.54 Å². The summed E-state index contributed by atoms with van der Waals surface area (Å²) in [6, 6.07) is 1.50. The maximum Gasteiger partial charge on any atom is 0.0446 e. The molecule has 1 unspecified atom stereocenters. The van der Waals surface area contributed by atoms with Crippen LogP contribution >= 0.6 is 0 Å². The summed E-state index contributed by atoms with van der Waals surface area (Å²) in [6.45, 7) is 15.6. The summed E-state index contributed by atoms with van der Waals surface area (Å²) in [5.41, 5.74) is 0.274. The third-order valence-electron chi connectivity index (χ3n) is 3.84. The van der Waals surface area contributed by atoms with Crippen molar-refractivity contribution in [2.24, 2.45) is 11.8 Å². The lowest BCUT2D eigenvalue weighted by atomic mass is 9.91. The molecule has 0 heterocycles. The lowest BCUT2D eigenvalue weighted by Gasteiger charge is -2.32. The van der Waals surface area contributed by atoms with Crippen LogP contribution < -0.4 is 5.32 Å². The van der Waals surface area contributed by atoms with Crippen LogP contribution in [0.15, 0.2) is 0 Å². The van der Waals surface area contributed by atoms with Crippen molar-refractivity contribution in [2.45, 2.75) is 77.7 Å². The molecular formula is C15H33NSi. The summed E-state index contributed by atoms with van der Waals surface area (Å²) in [6.07, 6.45) is 5.92. The first kappa shape index (κ1) is 15.2. The number of hydrogen-bond donors (Lipinski definition) is 1. The Kier molecular flexibility index (Phi) is 5.27. The largest absolute Gasteiger partial charge is 0.312 e. The molecule has 0 bridgehead atoms. The summed E-state index contributed by atoms with van der Waals surface area (Å²) >= 11 is 0. The van der Waals surface area contributed by atoms with Gasteiger partial charge >= 0.3 is 0 Å². The van der Waals surface area contributed by atoms with Crippen LogP contribution in [0.3, 0.4) is 0 Å². The van der Waals surface area contributed by atoms with E-state index in [4.69, 9.17) is 0 Å². The second-order valence-electron chi connectivity index (χ2n) is 8.20. The van der Waals surface area contributed by atoms with Crippen molar-refractivity contribution in [1.82, 2.24) is 5.32 Å². The van der Waals surface area contributed by atoms with Crippen molar-refractivity contribution < 1.29 is 0 Å². The van der Waals surface area contributed by atoms with Crippen molar-refractivity contribution in [3.63, 3.8) is 0 Å². The Balaban J connectivity index is 2.52. The number of nitrogens with one attached hydrogen (secondary N) is 1. The zero-order valence-corrected chi connectivity index (χ0v) is 13.9. The van der Waals surface area contributed by atoms with Gasteiger partial charge in [-0.3, -0.25) is 0 Å². The molecule has 0 aromatic carbocycles. The Morgan fingerprint density at radius 3 is 2.06 bits per heavy atom. The minimum Gasteiger partial charge on any atom is -0.312 e. The molecule has 0 aliphatic heterocycles. The van der Waals surface area contributed by atoms with Gasteiger partial charge in [0.2, 0.25) is 0 Å². The fourth-order valence-corrected chi connectivity index (χ4v) is 5.11. The molecule has 102 valence electrons. The standard InChI is InChI=1S/C15H33NSi/c1-15(2,3)16-11-14(12-17(4,5)6)13-9-7-8-10-13/h13-14,16H,7-12H2,1-6H3. The zero-order chi connectivity index (χ0) is 13.1. The topological polar surface area (TPSA) is 12.0 Å². The van der Waals surface area contributed by atoms with Crippen LogP contribution in [0.2, 0.25) is 25.7 Å². The molecule has 1 aliphatic rings. The van der Waals surface area contributed by atoms with E-state index in [2.05, 4.69) is 45.7 Å². The number of rotatable bonds is 5. The highest BCUT2D eigenvalue weighted by Crippen LogP contribution is 2.35. The van der Waals surface area contributed by atoms with Gasteiger partial charge in [-0.1, -0.05) is 51.4 Å². The fourth-order valence-electron chi connectivity index (χ4n) is 3.06. The summed E-state index contributed by atoms with van der Waals surface area (Å²) in [7, 11) is -0.924. The molecule has 0 aromatic heterocycles. The van der Waals surface area contributed by atoms with Crippen molar-refractivity contribution >= 4 is 8.07 Å². The van der Waals surface area contributed by atoms with Crippen LogP contribution in [-0.2, 0) is 0 Å². The van der Waals surface area contributed by atoms with Gasteiger partial charge in [-0.15, -0.1) is 0 Å². The molecule has 1 atom stereocenters. The molecule has 1 N–H and O–H groups in total. The van der Waals surface area contributed by atoms with Crippen LogP contribution in [0.25, 0.3) is 0 Å². The Hall–Kier alpha value is 0.177. The first-order chi connectivity index (χ1) is 7.67. The lowest BCUT2D eigenvalue weighted by Crippen LogP contribution is -2.42. The summed E-state index contributed by atoms with van der Waals surface area (Å²) in [5, 5.41) is 3.74. The summed E-state index contributed by atoms with van der Waals surface area (Å²) < 4.78 is 0. The average Bonchev–Trinajstić information content (AvgIpc) is 2.61. The molecule has 1 nitrogen and oxygen atoms in total. The molecule has 0 amide bonds. The maximum atomic E-state index is 3.74. The molecule has 0 saturated heterocycles. The lowest BCUT2D eigenvalue weighted by molar-refractivity contribution is 0.305. The van der Waals surface area contributed by atoms with E-state index in [-0.39, 0.29) is 5.54 Å². The normalized spacial score (nSPS) is 20.8. The summed E-state index contributed by atoms with van der Waals surface area (Å²) in [5.74, 6) is 1.94. The van der Waals surface area contributed by atoms with Gasteiger partial charge in [-0.2, -0.15) is 0 Å². The van der Waals surface area contributed by atoms with E-state index in [0.717, 1.165) is 11.8 Å². The second-order valence-corrected chi connectivity index (χ2v) is 13.7. The molecular weight excluding hydrogens is 222 g/mol. The van der Waals surface area contributed by atoms with Gasteiger partial charge in [0.25, 0.3) is 0 Å². The van der Waals surface area contributed by atoms with Crippen LogP contribution in [-0.4, -0.2) is 20.2 Å². The smallest absolute Gasteiger partial charge is 0.0446 e. The molecule has 1 saturated carbocycles. The van der Waals surface area contributed by atoms with Gasteiger partial charge in [-0.05, 0) is 39.2 Å². The minimum atomic E-state index is -0.924. The van der Waals surface area contributed by atoms with Crippen LogP contribution in [0, 0.1) is 11.8 Å². The first-order valence-electron chi connectivity index (χ1n) is 7.42. The van der Waals surface area contributed by atoms with Crippen molar-refractivity contribution in [1.29, 1.82) is 0 Å². The average molecular weight is 256 g/mol. The maximum absolute atomic E-state index is 3.74. The monoisotopic (exact) mass is 255 g/mol. The molecule has 0 aromatic rings. The van der Waals surface area contributed by atoms with Crippen LogP contribution in [0.5, 0.6) is 0 Å². The van der Waals surface area contributed by atoms with Gasteiger partial charge in [0, 0.05) is 13.6 Å². The fraction of sp³-hybridized carbons (Fsp3) is 1.00. The molecule has 2 heteroatoms. The van der Waals surface area contributed by atoms with E-state index in [9.17, 15) is 0 Å². The van der Waals surface area contributed by atoms with E-state index in [1.807, 2.05) is 0 Å². The molecule has 0 radical (unpaired) electrons. The molecule has 1 fully saturated rings. The van der Waals surface area contributed by atoms with Gasteiger partial charge in [0.15, 0.2) is 0 Å². The first-order valence-corrected chi connectivity index (χ1v) is 11.1. The van der Waals surface area contributed by atoms with Gasteiger partial charge in [0.1, 0.15) is 0 Å². The minimum absolute atomic E-state index is 0.274. The molecule has 1 rings (SSSR count). The highest BCUT2D eigenvalue weighted by molar-refractivity contribution is 6.76. The van der Waals surface area contributed by atoms with E-state index in [0.29, 0.717) is 0 Å². The summed E-state index contributed by atoms with van der Waals surface area (Å²) in [4.78, 5) is 0.